The SMILES string of the molecule is CSCCC(C)NS(=O)(=O)c1ccccc1O. The van der Waals surface area contributed by atoms with Gasteiger partial charge in [-0.15, -0.1) is 0 Å². The van der Waals surface area contributed by atoms with Gasteiger partial charge in [0.2, 0.25) is 10.0 Å². The van der Waals surface area contributed by atoms with Gasteiger partial charge in [-0.2, -0.15) is 11.8 Å². The molecule has 0 amide bonds. The maximum Gasteiger partial charge on any atom is 0.244 e. The van der Waals surface area contributed by atoms with Crippen LogP contribution < -0.4 is 4.72 Å². The Hall–Kier alpha value is -0.720. The molecule has 2 N–H and O–H groups in total. The van der Waals surface area contributed by atoms with E-state index in [1.165, 1.54) is 12.1 Å². The van der Waals surface area contributed by atoms with E-state index in [-0.39, 0.29) is 16.7 Å². The maximum absolute atomic E-state index is 11.9. The van der Waals surface area contributed by atoms with Crippen molar-refractivity contribution in [3.05, 3.63) is 24.3 Å². The summed E-state index contributed by atoms with van der Waals surface area (Å²) in [4.78, 5) is -0.0731. The van der Waals surface area contributed by atoms with E-state index in [1.54, 1.807) is 23.9 Å². The predicted molar refractivity (Wildman–Crippen MR) is 70.9 cm³/mol. The molecule has 0 heterocycles. The molecule has 17 heavy (non-hydrogen) atoms. The van der Waals surface area contributed by atoms with Crippen LogP contribution in [0.2, 0.25) is 0 Å². The highest BCUT2D eigenvalue weighted by molar-refractivity contribution is 7.98. The molecule has 0 spiro atoms. The highest BCUT2D eigenvalue weighted by Gasteiger charge is 2.20. The summed E-state index contributed by atoms with van der Waals surface area (Å²) < 4.78 is 26.4. The van der Waals surface area contributed by atoms with Crippen LogP contribution in [0.1, 0.15) is 13.3 Å². The Labute approximate surface area is 106 Å². The van der Waals surface area contributed by atoms with E-state index in [4.69, 9.17) is 0 Å². The lowest BCUT2D eigenvalue weighted by atomic mass is 10.3. The largest absolute Gasteiger partial charge is 0.507 e. The monoisotopic (exact) mass is 275 g/mol. The van der Waals surface area contributed by atoms with Crippen molar-refractivity contribution >= 4 is 21.8 Å². The summed E-state index contributed by atoms with van der Waals surface area (Å²) in [6.45, 7) is 1.81. The zero-order valence-corrected chi connectivity index (χ0v) is 11.5. The first kappa shape index (κ1) is 14.3. The van der Waals surface area contributed by atoms with Crippen molar-refractivity contribution in [2.75, 3.05) is 12.0 Å². The minimum Gasteiger partial charge on any atom is -0.507 e. The fourth-order valence-electron chi connectivity index (χ4n) is 1.37. The average molecular weight is 275 g/mol. The molecule has 0 saturated heterocycles. The van der Waals surface area contributed by atoms with Gasteiger partial charge in [0, 0.05) is 6.04 Å². The van der Waals surface area contributed by atoms with E-state index >= 15 is 0 Å². The summed E-state index contributed by atoms with van der Waals surface area (Å²) in [5, 5.41) is 9.51. The highest BCUT2D eigenvalue weighted by atomic mass is 32.2. The minimum absolute atomic E-state index is 0.0731. The molecule has 1 aromatic rings. The zero-order valence-electron chi connectivity index (χ0n) is 9.88. The second kappa shape index (κ2) is 6.28. The van der Waals surface area contributed by atoms with Crippen LogP contribution >= 0.6 is 11.8 Å². The Kier molecular flexibility index (Phi) is 5.30. The van der Waals surface area contributed by atoms with Gasteiger partial charge >= 0.3 is 0 Å². The smallest absolute Gasteiger partial charge is 0.244 e. The van der Waals surface area contributed by atoms with E-state index in [0.29, 0.717) is 0 Å². The molecule has 4 nitrogen and oxygen atoms in total. The summed E-state index contributed by atoms with van der Waals surface area (Å²) in [6, 6.07) is 5.78. The van der Waals surface area contributed by atoms with Crippen molar-refractivity contribution in [1.29, 1.82) is 0 Å². The summed E-state index contributed by atoms with van der Waals surface area (Å²) in [6.07, 6.45) is 2.73. The molecule has 6 heteroatoms. The van der Waals surface area contributed by atoms with Gasteiger partial charge in [-0.25, -0.2) is 13.1 Å². The molecule has 0 saturated carbocycles. The highest BCUT2D eigenvalue weighted by Crippen LogP contribution is 2.21. The van der Waals surface area contributed by atoms with Crippen LogP contribution in [-0.2, 0) is 10.0 Å². The number of phenols is 1. The van der Waals surface area contributed by atoms with E-state index in [9.17, 15) is 13.5 Å². The molecule has 1 unspecified atom stereocenters. The third kappa shape index (κ3) is 4.22. The number of hydrogen-bond donors (Lipinski definition) is 2. The van der Waals surface area contributed by atoms with Gasteiger partial charge in [-0.05, 0) is 37.5 Å². The van der Waals surface area contributed by atoms with Crippen LogP contribution in [0.25, 0.3) is 0 Å². The van der Waals surface area contributed by atoms with Crippen molar-refractivity contribution in [3.8, 4) is 5.75 Å². The first-order valence-electron chi connectivity index (χ1n) is 5.26. The number of thioether (sulfide) groups is 1. The van der Waals surface area contributed by atoms with E-state index in [2.05, 4.69) is 4.72 Å². The molecule has 0 aliphatic heterocycles. The number of phenolic OH excluding ortho intramolecular Hbond substituents is 1. The predicted octanol–water partition coefficient (Wildman–Crippen LogP) is 1.81. The van der Waals surface area contributed by atoms with Gasteiger partial charge in [0.1, 0.15) is 10.6 Å². The van der Waals surface area contributed by atoms with Crippen LogP contribution in [0.4, 0.5) is 0 Å². The maximum atomic E-state index is 11.9. The first-order chi connectivity index (χ1) is 7.97. The summed E-state index contributed by atoms with van der Waals surface area (Å²) in [5.74, 6) is 0.668. The van der Waals surface area contributed by atoms with E-state index in [0.717, 1.165) is 12.2 Å². The standard InChI is InChI=1S/C11H17NO3S2/c1-9(7-8-16-2)12-17(14,15)11-6-4-3-5-10(11)13/h3-6,9,12-13H,7-8H2,1-2H3. The average Bonchev–Trinajstić information content (AvgIpc) is 2.26. The summed E-state index contributed by atoms with van der Waals surface area (Å²) >= 11 is 1.67. The molecule has 1 atom stereocenters. The Bertz CT molecular complexity index is 460. The lowest BCUT2D eigenvalue weighted by Gasteiger charge is -2.14. The van der Waals surface area contributed by atoms with Gasteiger partial charge in [-0.1, -0.05) is 12.1 Å². The van der Waals surface area contributed by atoms with Gasteiger partial charge in [0.05, 0.1) is 0 Å². The zero-order chi connectivity index (χ0) is 12.9. The van der Waals surface area contributed by atoms with Gasteiger partial charge in [0.25, 0.3) is 0 Å². The third-order valence-corrected chi connectivity index (χ3v) is 4.55. The lowest BCUT2D eigenvalue weighted by molar-refractivity contribution is 0.457. The fraction of sp³-hybridized carbons (Fsp3) is 0.455. The molecule has 0 fully saturated rings. The number of benzene rings is 1. The lowest BCUT2D eigenvalue weighted by Crippen LogP contribution is -2.33. The second-order valence-corrected chi connectivity index (χ2v) is 6.44. The molecule has 96 valence electrons. The molecule has 0 radical (unpaired) electrons. The topological polar surface area (TPSA) is 66.4 Å². The van der Waals surface area contributed by atoms with Gasteiger partial charge < -0.3 is 5.11 Å². The number of hydrogen-bond acceptors (Lipinski definition) is 4. The van der Waals surface area contributed by atoms with Crippen molar-refractivity contribution in [1.82, 2.24) is 4.72 Å². The van der Waals surface area contributed by atoms with Crippen molar-refractivity contribution in [2.45, 2.75) is 24.3 Å². The number of rotatable bonds is 6. The summed E-state index contributed by atoms with van der Waals surface area (Å²) in [5.41, 5.74) is 0. The van der Waals surface area contributed by atoms with Crippen LogP contribution in [0.5, 0.6) is 5.75 Å². The quantitative estimate of drug-likeness (QED) is 0.831. The normalized spacial score (nSPS) is 13.5. The van der Waals surface area contributed by atoms with Crippen molar-refractivity contribution in [2.24, 2.45) is 0 Å². The molecule has 0 aliphatic carbocycles. The fourth-order valence-corrected chi connectivity index (χ4v) is 3.33. The molecule has 1 aromatic carbocycles. The van der Waals surface area contributed by atoms with Crippen LogP contribution in [0.3, 0.4) is 0 Å². The van der Waals surface area contributed by atoms with Crippen LogP contribution in [0.15, 0.2) is 29.2 Å². The Morgan fingerprint density at radius 2 is 2.06 bits per heavy atom. The first-order valence-corrected chi connectivity index (χ1v) is 8.14. The van der Waals surface area contributed by atoms with Gasteiger partial charge in [0.15, 0.2) is 0 Å². The molecular weight excluding hydrogens is 258 g/mol. The molecule has 1 rings (SSSR count). The molecule has 0 aromatic heterocycles. The third-order valence-electron chi connectivity index (χ3n) is 2.27. The number of nitrogens with one attached hydrogen (secondary N) is 1. The Morgan fingerprint density at radius 3 is 2.65 bits per heavy atom. The second-order valence-electron chi connectivity index (χ2n) is 3.77. The summed E-state index contributed by atoms with van der Waals surface area (Å²) in [7, 11) is -3.63. The molecule has 0 bridgehead atoms. The number of sulfonamides is 1. The van der Waals surface area contributed by atoms with E-state index in [1.807, 2.05) is 13.2 Å². The van der Waals surface area contributed by atoms with Crippen LogP contribution in [0, 0.1) is 0 Å². The van der Waals surface area contributed by atoms with Crippen LogP contribution in [-0.4, -0.2) is 31.6 Å². The number of aromatic hydroxyl groups is 1. The Morgan fingerprint density at radius 1 is 1.41 bits per heavy atom. The van der Waals surface area contributed by atoms with E-state index < -0.39 is 10.0 Å². The molecule has 0 aliphatic rings. The Balaban J connectivity index is 2.79. The van der Waals surface area contributed by atoms with Gasteiger partial charge in [-0.3, -0.25) is 0 Å². The molecular formula is C11H17NO3S2. The number of para-hydroxylation sites is 1. The minimum atomic E-state index is -3.63. The van der Waals surface area contributed by atoms with Crippen molar-refractivity contribution in [3.63, 3.8) is 0 Å². The van der Waals surface area contributed by atoms with Crippen molar-refractivity contribution < 1.29 is 13.5 Å².